The van der Waals surface area contributed by atoms with E-state index in [1.54, 1.807) is 16.7 Å². The van der Waals surface area contributed by atoms with E-state index in [9.17, 15) is 9.59 Å². The summed E-state index contributed by atoms with van der Waals surface area (Å²) in [4.78, 5) is 27.4. The first-order chi connectivity index (χ1) is 16.2. The van der Waals surface area contributed by atoms with Crippen LogP contribution in [0.3, 0.4) is 0 Å². The molecule has 6 rings (SSSR count). The van der Waals surface area contributed by atoms with Crippen molar-refractivity contribution >= 4 is 38.5 Å². The Morgan fingerprint density at radius 2 is 1.70 bits per heavy atom. The molecule has 0 aliphatic heterocycles. The molecule has 1 saturated carbocycles. The van der Waals surface area contributed by atoms with Crippen molar-refractivity contribution in [1.82, 2.24) is 4.40 Å². The van der Waals surface area contributed by atoms with Crippen LogP contribution in [0.15, 0.2) is 89.9 Å². The quantitative estimate of drug-likeness (QED) is 0.345. The van der Waals surface area contributed by atoms with Gasteiger partial charge in [-0.3, -0.25) is 14.0 Å². The molecule has 0 spiro atoms. The number of carbonyl (C=O) groups excluding carboxylic acids is 1. The average molecular weight is 451 g/mol. The lowest BCUT2D eigenvalue weighted by Crippen LogP contribution is -2.15. The Morgan fingerprint density at radius 1 is 0.939 bits per heavy atom. The van der Waals surface area contributed by atoms with E-state index in [0.717, 1.165) is 28.9 Å². The monoisotopic (exact) mass is 450 g/mol. The van der Waals surface area contributed by atoms with Crippen molar-refractivity contribution in [3.63, 3.8) is 0 Å². The van der Waals surface area contributed by atoms with E-state index in [-0.39, 0.29) is 11.5 Å². The molecule has 0 unspecified atom stereocenters. The molecule has 3 aromatic carbocycles. The van der Waals surface area contributed by atoms with Gasteiger partial charge >= 0.3 is 0 Å². The van der Waals surface area contributed by atoms with Crippen LogP contribution in [0.4, 0.5) is 5.69 Å². The molecule has 5 aromatic rings. The van der Waals surface area contributed by atoms with Crippen LogP contribution in [0.5, 0.6) is 0 Å². The van der Waals surface area contributed by atoms with Gasteiger partial charge in [0.1, 0.15) is 9.71 Å². The van der Waals surface area contributed by atoms with E-state index in [1.165, 1.54) is 33.2 Å². The predicted octanol–water partition coefficient (Wildman–Crippen LogP) is 6.23. The smallest absolute Gasteiger partial charge is 0.267 e. The number of para-hydroxylation sites is 1. The molecule has 2 heterocycles. The number of benzene rings is 3. The molecule has 1 N–H and O–H groups in total. The Hall–Kier alpha value is -3.70. The van der Waals surface area contributed by atoms with E-state index >= 15 is 0 Å². The van der Waals surface area contributed by atoms with Crippen LogP contribution in [0.1, 0.15) is 45.1 Å². The molecule has 2 aromatic heterocycles. The largest absolute Gasteiger partial charge is 0.321 e. The molecule has 0 saturated heterocycles. The van der Waals surface area contributed by atoms with Gasteiger partial charge < -0.3 is 5.32 Å². The third-order valence-corrected chi connectivity index (χ3v) is 7.41. The summed E-state index contributed by atoms with van der Waals surface area (Å²) >= 11 is 1.41. The first-order valence-corrected chi connectivity index (χ1v) is 12.0. The Morgan fingerprint density at radius 3 is 2.52 bits per heavy atom. The molecule has 5 heteroatoms. The molecule has 4 nitrogen and oxygen atoms in total. The summed E-state index contributed by atoms with van der Waals surface area (Å²) < 4.78 is 1.66. The molecule has 0 bridgehead atoms. The van der Waals surface area contributed by atoms with Gasteiger partial charge in [-0.25, -0.2) is 0 Å². The zero-order chi connectivity index (χ0) is 22.4. The molecule has 1 fully saturated rings. The van der Waals surface area contributed by atoms with E-state index in [4.69, 9.17) is 0 Å². The second-order valence-corrected chi connectivity index (χ2v) is 9.63. The van der Waals surface area contributed by atoms with Crippen molar-refractivity contribution in [2.24, 2.45) is 0 Å². The van der Waals surface area contributed by atoms with Crippen molar-refractivity contribution in [2.45, 2.75) is 25.2 Å². The normalized spacial score (nSPS) is 13.5. The second kappa shape index (κ2) is 8.01. The molecule has 162 valence electrons. The highest BCUT2D eigenvalue weighted by Gasteiger charge is 2.30. The fourth-order valence-corrected chi connectivity index (χ4v) is 5.72. The van der Waals surface area contributed by atoms with Gasteiger partial charge in [-0.1, -0.05) is 60.7 Å². The number of pyridine rings is 1. The highest BCUT2D eigenvalue weighted by atomic mass is 32.1. The topological polar surface area (TPSA) is 50.6 Å². The maximum atomic E-state index is 13.1. The van der Waals surface area contributed by atoms with Crippen molar-refractivity contribution < 1.29 is 4.79 Å². The fraction of sp³-hybridized carbons (Fsp3) is 0.143. The Balaban J connectivity index is 1.44. The summed E-state index contributed by atoms with van der Waals surface area (Å²) in [5.41, 5.74) is 4.19. The van der Waals surface area contributed by atoms with Gasteiger partial charge in [-0.05, 0) is 64.8 Å². The molecule has 1 aliphatic carbocycles. The predicted molar refractivity (Wildman–Crippen MR) is 135 cm³/mol. The van der Waals surface area contributed by atoms with E-state index in [1.807, 2.05) is 36.4 Å². The summed E-state index contributed by atoms with van der Waals surface area (Å²) in [6.45, 7) is 0. The van der Waals surface area contributed by atoms with Crippen molar-refractivity contribution in [2.75, 3.05) is 5.32 Å². The number of aromatic nitrogens is 1. The molecule has 1 aliphatic rings. The van der Waals surface area contributed by atoms with Gasteiger partial charge in [0, 0.05) is 18.0 Å². The van der Waals surface area contributed by atoms with Gasteiger partial charge in [-0.2, -0.15) is 0 Å². The summed E-state index contributed by atoms with van der Waals surface area (Å²) in [7, 11) is 0. The summed E-state index contributed by atoms with van der Waals surface area (Å²) in [5.74, 6) is 0.265. The molecular weight excluding hydrogens is 428 g/mol. The molecule has 0 atom stereocenters. The molecular formula is C28H22N2O2S. The Labute approximate surface area is 195 Å². The van der Waals surface area contributed by atoms with Crippen LogP contribution in [-0.4, -0.2) is 10.3 Å². The minimum Gasteiger partial charge on any atom is -0.321 e. The standard InChI is InChI=1S/C28H22N2O2S/c31-25-16-21(15-20-9-6-8-18-7-4-5-12-23(18)20)26(19-13-14-19)28-30(25)17-24(33-28)27(32)29-22-10-2-1-3-11-22/h1-12,16-17,19H,13-15H2,(H,29,32). The first-order valence-electron chi connectivity index (χ1n) is 11.2. The SMILES string of the molecule is O=C(Nc1ccccc1)c1cn2c(=O)cc(Cc3cccc4ccccc34)c(C3CC3)c2s1. The number of amides is 1. The van der Waals surface area contributed by atoms with Gasteiger partial charge in [0.15, 0.2) is 0 Å². The average Bonchev–Trinajstić information content (AvgIpc) is 3.56. The summed E-state index contributed by atoms with van der Waals surface area (Å²) in [6, 6.07) is 25.9. The summed E-state index contributed by atoms with van der Waals surface area (Å²) in [5, 5.41) is 5.36. The third kappa shape index (κ3) is 3.74. The molecule has 33 heavy (non-hydrogen) atoms. The number of rotatable bonds is 5. The number of hydrogen-bond acceptors (Lipinski definition) is 3. The van der Waals surface area contributed by atoms with E-state index < -0.39 is 0 Å². The van der Waals surface area contributed by atoms with Crippen LogP contribution in [0.2, 0.25) is 0 Å². The van der Waals surface area contributed by atoms with Gasteiger partial charge in [0.25, 0.3) is 11.5 Å². The lowest BCUT2D eigenvalue weighted by atomic mass is 9.95. The number of anilines is 1. The maximum absolute atomic E-state index is 13.1. The fourth-order valence-electron chi connectivity index (χ4n) is 4.56. The van der Waals surface area contributed by atoms with Crippen LogP contribution in [0.25, 0.3) is 15.6 Å². The maximum Gasteiger partial charge on any atom is 0.267 e. The van der Waals surface area contributed by atoms with Crippen LogP contribution >= 0.6 is 11.3 Å². The minimum absolute atomic E-state index is 0.0837. The van der Waals surface area contributed by atoms with Gasteiger partial charge in [-0.15, -0.1) is 11.3 Å². The van der Waals surface area contributed by atoms with E-state index in [2.05, 4.69) is 41.7 Å². The van der Waals surface area contributed by atoms with Crippen LogP contribution in [-0.2, 0) is 6.42 Å². The van der Waals surface area contributed by atoms with Crippen LogP contribution in [0, 0.1) is 0 Å². The zero-order valence-electron chi connectivity index (χ0n) is 18.0. The van der Waals surface area contributed by atoms with Crippen molar-refractivity contribution in [3.8, 4) is 0 Å². The van der Waals surface area contributed by atoms with Gasteiger partial charge in [0.05, 0.1) is 0 Å². The number of nitrogens with one attached hydrogen (secondary N) is 1. The second-order valence-electron chi connectivity index (χ2n) is 8.60. The minimum atomic E-state index is -0.188. The third-order valence-electron chi connectivity index (χ3n) is 6.29. The highest BCUT2D eigenvalue weighted by Crippen LogP contribution is 2.45. The number of nitrogens with zero attached hydrogens (tertiary/aromatic N) is 1. The lowest BCUT2D eigenvalue weighted by molar-refractivity contribution is 0.103. The first kappa shape index (κ1) is 19.9. The van der Waals surface area contributed by atoms with Gasteiger partial charge in [0.2, 0.25) is 0 Å². The molecule has 0 radical (unpaired) electrons. The summed E-state index contributed by atoms with van der Waals surface area (Å²) in [6.07, 6.45) is 4.65. The lowest BCUT2D eigenvalue weighted by Gasteiger charge is -2.12. The van der Waals surface area contributed by atoms with Crippen LogP contribution < -0.4 is 10.9 Å². The number of hydrogen-bond donors (Lipinski definition) is 1. The molecule has 1 amide bonds. The van der Waals surface area contributed by atoms with Crippen molar-refractivity contribution in [3.05, 3.63) is 117 Å². The Kier molecular flexibility index (Phi) is 4.84. The number of fused-ring (bicyclic) bond motifs is 2. The highest BCUT2D eigenvalue weighted by molar-refractivity contribution is 7.19. The zero-order valence-corrected chi connectivity index (χ0v) is 18.8. The van der Waals surface area contributed by atoms with Crippen molar-refractivity contribution in [1.29, 1.82) is 0 Å². The number of carbonyl (C=O) groups is 1. The Bertz CT molecular complexity index is 1560. The number of thiazole rings is 1. The van der Waals surface area contributed by atoms with E-state index in [0.29, 0.717) is 17.2 Å².